The van der Waals surface area contributed by atoms with E-state index in [9.17, 15) is 19.8 Å². The summed E-state index contributed by atoms with van der Waals surface area (Å²) in [5.41, 5.74) is -2.44. The van der Waals surface area contributed by atoms with Crippen LogP contribution in [0.1, 0.15) is 66.2 Å². The Morgan fingerprint density at radius 1 is 1.17 bits per heavy atom. The summed E-state index contributed by atoms with van der Waals surface area (Å²) >= 11 is 0. The predicted octanol–water partition coefficient (Wildman–Crippen LogP) is 2.83. The second kappa shape index (κ2) is 9.20. The van der Waals surface area contributed by atoms with Crippen LogP contribution < -0.4 is 0 Å². The van der Waals surface area contributed by atoms with Crippen molar-refractivity contribution in [3.05, 3.63) is 24.3 Å². The molecule has 30 heavy (non-hydrogen) atoms. The van der Waals surface area contributed by atoms with Crippen LogP contribution >= 0.6 is 0 Å². The summed E-state index contributed by atoms with van der Waals surface area (Å²) in [5, 5.41) is 21.8. The fraction of sp³-hybridized carbons (Fsp3) is 0.739. The SMILES string of the molecule is C=C(C(=O)OC)[C@@H]1CC[C@@](C)(O)[C@@H](OC(C)=O)CC[C@@](C)(O)/C=C/C[C@]2(C)O[C@H]2C1. The standard InChI is InChI=1S/C23H36O7/c1-15(20(25)28-6)17-8-13-22(4,27)18(29-16(2)24)9-12-21(3,26)10-7-11-23(5)19(14-17)30-23/h7,10,17-19,26-27H,1,8-9,11-14H2,2-6H3/b10-7+/t17-,18+,19+,21+,22-,23+/m1/s1. The predicted molar refractivity (Wildman–Crippen MR) is 112 cm³/mol. The number of aliphatic hydroxyl groups is 2. The van der Waals surface area contributed by atoms with E-state index in [1.54, 1.807) is 19.9 Å². The number of hydrogen-bond donors (Lipinski definition) is 2. The Morgan fingerprint density at radius 3 is 2.43 bits per heavy atom. The van der Waals surface area contributed by atoms with Crippen molar-refractivity contribution in [1.29, 1.82) is 0 Å². The molecule has 7 nitrogen and oxygen atoms in total. The van der Waals surface area contributed by atoms with Gasteiger partial charge in [0.05, 0.1) is 30.0 Å². The van der Waals surface area contributed by atoms with Crippen LogP contribution in [-0.2, 0) is 23.8 Å². The molecule has 6 atom stereocenters. The molecule has 170 valence electrons. The van der Waals surface area contributed by atoms with E-state index in [4.69, 9.17) is 14.2 Å². The number of fused-ring (bicyclic) bond motifs is 1. The van der Waals surface area contributed by atoms with Gasteiger partial charge in [0.2, 0.25) is 0 Å². The third-order valence-electron chi connectivity index (χ3n) is 6.39. The summed E-state index contributed by atoms with van der Waals surface area (Å²) in [6.07, 6.45) is 5.35. The van der Waals surface area contributed by atoms with Crippen LogP contribution in [0.25, 0.3) is 0 Å². The number of ether oxygens (including phenoxy) is 3. The van der Waals surface area contributed by atoms with E-state index in [0.29, 0.717) is 37.7 Å². The van der Waals surface area contributed by atoms with E-state index in [1.807, 2.05) is 13.0 Å². The summed E-state index contributed by atoms with van der Waals surface area (Å²) in [6, 6.07) is 0. The fourth-order valence-corrected chi connectivity index (χ4v) is 4.14. The first-order valence-electron chi connectivity index (χ1n) is 10.5. The zero-order valence-corrected chi connectivity index (χ0v) is 18.8. The largest absolute Gasteiger partial charge is 0.466 e. The van der Waals surface area contributed by atoms with Crippen molar-refractivity contribution in [1.82, 2.24) is 0 Å². The van der Waals surface area contributed by atoms with Crippen molar-refractivity contribution in [2.45, 2.75) is 95.2 Å². The Kier molecular flexibility index (Phi) is 7.54. The Balaban J connectivity index is 2.30. The lowest BCUT2D eigenvalue weighted by Gasteiger charge is -2.35. The zero-order chi connectivity index (χ0) is 22.7. The van der Waals surface area contributed by atoms with Gasteiger partial charge in [-0.1, -0.05) is 18.7 Å². The average Bonchev–Trinajstić information content (AvgIpc) is 3.28. The van der Waals surface area contributed by atoms with Gasteiger partial charge >= 0.3 is 11.9 Å². The zero-order valence-electron chi connectivity index (χ0n) is 18.8. The maximum Gasteiger partial charge on any atom is 0.333 e. The summed E-state index contributed by atoms with van der Waals surface area (Å²) in [6.45, 7) is 10.5. The van der Waals surface area contributed by atoms with E-state index >= 15 is 0 Å². The molecule has 0 aromatic rings. The maximum atomic E-state index is 12.1. The Hall–Kier alpha value is -1.70. The van der Waals surface area contributed by atoms with Crippen LogP contribution in [0.2, 0.25) is 0 Å². The van der Waals surface area contributed by atoms with Crippen LogP contribution in [0.15, 0.2) is 24.3 Å². The normalized spacial score (nSPS) is 41.0. The molecule has 0 radical (unpaired) electrons. The smallest absolute Gasteiger partial charge is 0.333 e. The second-order valence-electron chi connectivity index (χ2n) is 9.36. The molecule has 2 rings (SSSR count). The number of carbonyl (C=O) groups excluding carboxylic acids is 2. The average molecular weight is 425 g/mol. The number of epoxide rings is 1. The molecule has 7 heteroatoms. The topological polar surface area (TPSA) is 106 Å². The number of hydrogen-bond acceptors (Lipinski definition) is 7. The molecule has 0 unspecified atom stereocenters. The lowest BCUT2D eigenvalue weighted by atomic mass is 9.80. The van der Waals surface area contributed by atoms with Gasteiger partial charge in [0.25, 0.3) is 0 Å². The summed E-state index contributed by atoms with van der Waals surface area (Å²) in [7, 11) is 1.32. The van der Waals surface area contributed by atoms with Gasteiger partial charge < -0.3 is 24.4 Å². The molecule has 0 saturated carbocycles. The fourth-order valence-electron chi connectivity index (χ4n) is 4.14. The Bertz CT molecular complexity index is 694. The van der Waals surface area contributed by atoms with Gasteiger partial charge in [-0.3, -0.25) is 4.79 Å². The molecular formula is C23H36O7. The monoisotopic (exact) mass is 424 g/mol. The van der Waals surface area contributed by atoms with E-state index in [2.05, 4.69) is 6.58 Å². The number of rotatable bonds is 3. The van der Waals surface area contributed by atoms with E-state index in [1.165, 1.54) is 14.0 Å². The van der Waals surface area contributed by atoms with E-state index in [-0.39, 0.29) is 24.0 Å². The van der Waals surface area contributed by atoms with Gasteiger partial charge in [0.15, 0.2) is 0 Å². The van der Waals surface area contributed by atoms with Crippen molar-refractivity contribution in [2.75, 3.05) is 7.11 Å². The van der Waals surface area contributed by atoms with Crippen LogP contribution in [0.4, 0.5) is 0 Å². The first kappa shape index (κ1) is 24.6. The van der Waals surface area contributed by atoms with E-state index < -0.39 is 29.2 Å². The first-order valence-corrected chi connectivity index (χ1v) is 10.5. The lowest BCUT2D eigenvalue weighted by molar-refractivity contribution is -0.164. The summed E-state index contributed by atoms with van der Waals surface area (Å²) < 4.78 is 16.2. The highest BCUT2D eigenvalue weighted by atomic mass is 16.6. The minimum atomic E-state index is -1.34. The van der Waals surface area contributed by atoms with Crippen molar-refractivity contribution < 1.29 is 34.0 Å². The molecule has 1 fully saturated rings. The maximum absolute atomic E-state index is 12.1. The third kappa shape index (κ3) is 6.40. The van der Waals surface area contributed by atoms with Gasteiger partial charge in [-0.15, -0.1) is 0 Å². The van der Waals surface area contributed by atoms with Crippen LogP contribution in [-0.4, -0.2) is 58.3 Å². The quantitative estimate of drug-likeness (QED) is 0.311. The molecular weight excluding hydrogens is 388 g/mol. The molecule has 1 aliphatic carbocycles. The van der Waals surface area contributed by atoms with Crippen LogP contribution in [0, 0.1) is 5.92 Å². The Labute approximate surface area is 179 Å². The highest BCUT2D eigenvalue weighted by Crippen LogP contribution is 2.45. The molecule has 0 amide bonds. The van der Waals surface area contributed by atoms with Crippen molar-refractivity contribution in [3.63, 3.8) is 0 Å². The number of esters is 2. The van der Waals surface area contributed by atoms with Gasteiger partial charge in [0.1, 0.15) is 6.10 Å². The molecule has 2 N–H and O–H groups in total. The molecule has 1 heterocycles. The van der Waals surface area contributed by atoms with Crippen LogP contribution in [0.5, 0.6) is 0 Å². The minimum absolute atomic E-state index is 0.0596. The van der Waals surface area contributed by atoms with Crippen molar-refractivity contribution in [2.24, 2.45) is 5.92 Å². The minimum Gasteiger partial charge on any atom is -0.466 e. The van der Waals surface area contributed by atoms with Gasteiger partial charge in [0, 0.05) is 12.5 Å². The molecule has 2 aliphatic rings. The lowest BCUT2D eigenvalue weighted by Crippen LogP contribution is -2.43. The van der Waals surface area contributed by atoms with Gasteiger partial charge in [-0.05, 0) is 65.2 Å². The number of carbonyl (C=O) groups is 2. The van der Waals surface area contributed by atoms with Gasteiger partial charge in [-0.2, -0.15) is 0 Å². The molecule has 0 aromatic heterocycles. The summed E-state index contributed by atoms with van der Waals surface area (Å²) in [4.78, 5) is 23.7. The van der Waals surface area contributed by atoms with E-state index in [0.717, 1.165) is 0 Å². The highest BCUT2D eigenvalue weighted by Gasteiger charge is 2.52. The van der Waals surface area contributed by atoms with Crippen LogP contribution in [0.3, 0.4) is 0 Å². The van der Waals surface area contributed by atoms with Crippen molar-refractivity contribution >= 4 is 11.9 Å². The summed E-state index contributed by atoms with van der Waals surface area (Å²) in [5.74, 6) is -1.20. The third-order valence-corrected chi connectivity index (χ3v) is 6.39. The molecule has 0 aromatic carbocycles. The second-order valence-corrected chi connectivity index (χ2v) is 9.36. The first-order chi connectivity index (χ1) is 13.8. The molecule has 0 bridgehead atoms. The number of methoxy groups -OCH3 is 1. The van der Waals surface area contributed by atoms with Gasteiger partial charge in [-0.25, -0.2) is 4.79 Å². The molecule has 1 saturated heterocycles. The Morgan fingerprint density at radius 2 is 1.83 bits per heavy atom. The molecule has 1 aliphatic heterocycles. The highest BCUT2D eigenvalue weighted by molar-refractivity contribution is 5.88. The van der Waals surface area contributed by atoms with Crippen molar-refractivity contribution in [3.8, 4) is 0 Å². The molecule has 0 spiro atoms.